The van der Waals surface area contributed by atoms with Gasteiger partial charge in [-0.25, -0.2) is 16.8 Å². The van der Waals surface area contributed by atoms with Crippen LogP contribution < -0.4 is 0 Å². The summed E-state index contributed by atoms with van der Waals surface area (Å²) in [6, 6.07) is 3.60. The Morgan fingerprint density at radius 3 is 1.29 bits per heavy atom. The molecule has 0 radical (unpaired) electrons. The highest BCUT2D eigenvalue weighted by molar-refractivity contribution is 7.75. The Labute approximate surface area is 137 Å². The van der Waals surface area contributed by atoms with E-state index >= 15 is 0 Å². The number of phenols is 2. The third-order valence-corrected chi connectivity index (χ3v) is 5.32. The Morgan fingerprint density at radius 1 is 0.667 bits per heavy atom. The van der Waals surface area contributed by atoms with Gasteiger partial charge in [0.1, 0.15) is 11.5 Å². The zero-order chi connectivity index (χ0) is 17.8. The van der Waals surface area contributed by atoms with Crippen LogP contribution in [0.1, 0.15) is 31.8 Å². The van der Waals surface area contributed by atoms with Gasteiger partial charge in [0.25, 0.3) is 0 Å². The van der Waals surface area contributed by atoms with E-state index in [-0.39, 0.29) is 11.1 Å². The summed E-state index contributed by atoms with van der Waals surface area (Å²) < 4.78 is 45.0. The Hall–Kier alpha value is -2.72. The van der Waals surface area contributed by atoms with Gasteiger partial charge in [-0.3, -0.25) is 9.59 Å². The largest absolute Gasteiger partial charge is 0.507 e. The molecule has 2 aromatic carbocycles. The van der Waals surface area contributed by atoms with Gasteiger partial charge >= 0.3 is 0 Å². The van der Waals surface area contributed by atoms with Gasteiger partial charge in [0.15, 0.2) is 33.0 Å². The SMILES string of the molecule is O=C1c2cc([SH](=O)=O)c([SH](=O)=O)cc2C(=O)c2c(O)ccc(O)c21. The van der Waals surface area contributed by atoms with Crippen molar-refractivity contribution in [1.29, 1.82) is 0 Å². The number of hydrogen-bond donors (Lipinski definition) is 4. The monoisotopic (exact) mass is 368 g/mol. The maximum absolute atomic E-state index is 12.5. The second-order valence-corrected chi connectivity index (χ2v) is 6.90. The van der Waals surface area contributed by atoms with Crippen molar-refractivity contribution in [2.45, 2.75) is 9.79 Å². The van der Waals surface area contributed by atoms with Crippen LogP contribution in [0.25, 0.3) is 0 Å². The minimum Gasteiger partial charge on any atom is -0.507 e. The molecule has 1 aliphatic carbocycles. The number of thiol groups is 2. The van der Waals surface area contributed by atoms with E-state index in [1.54, 1.807) is 0 Å². The third-order valence-electron chi connectivity index (χ3n) is 3.61. The van der Waals surface area contributed by atoms with Crippen molar-refractivity contribution >= 4 is 33.0 Å². The van der Waals surface area contributed by atoms with Crippen molar-refractivity contribution in [3.63, 3.8) is 0 Å². The van der Waals surface area contributed by atoms with Crippen LogP contribution in [-0.2, 0) is 21.4 Å². The van der Waals surface area contributed by atoms with Crippen molar-refractivity contribution in [2.75, 3.05) is 0 Å². The topological polar surface area (TPSA) is 143 Å². The van der Waals surface area contributed by atoms with Crippen LogP contribution in [0.3, 0.4) is 0 Å². The summed E-state index contributed by atoms with van der Waals surface area (Å²) in [5.74, 6) is -2.89. The summed E-state index contributed by atoms with van der Waals surface area (Å²) in [4.78, 5) is 23.8. The van der Waals surface area contributed by atoms with Crippen molar-refractivity contribution in [3.05, 3.63) is 46.5 Å². The second kappa shape index (κ2) is 5.42. The van der Waals surface area contributed by atoms with E-state index in [1.807, 2.05) is 0 Å². The van der Waals surface area contributed by atoms with E-state index < -0.39 is 65.4 Å². The number of hydrogen-bond acceptors (Lipinski definition) is 8. The van der Waals surface area contributed by atoms with Gasteiger partial charge in [-0.2, -0.15) is 0 Å². The molecule has 0 amide bonds. The molecule has 0 aromatic heterocycles. The third kappa shape index (κ3) is 2.19. The van der Waals surface area contributed by atoms with Crippen molar-refractivity contribution in [1.82, 2.24) is 0 Å². The number of carbonyl (C=O) groups is 2. The summed E-state index contributed by atoms with van der Waals surface area (Å²) in [7, 11) is -6.68. The Kier molecular flexibility index (Phi) is 3.65. The Balaban J connectivity index is 2.43. The molecule has 0 spiro atoms. The van der Waals surface area contributed by atoms with Gasteiger partial charge in [-0.05, 0) is 24.3 Å². The molecule has 2 N–H and O–H groups in total. The Bertz CT molecular complexity index is 990. The summed E-state index contributed by atoms with van der Waals surface area (Å²) in [5.41, 5.74) is -1.64. The molecule has 10 heteroatoms. The van der Waals surface area contributed by atoms with Crippen LogP contribution in [0.4, 0.5) is 0 Å². The molecule has 8 nitrogen and oxygen atoms in total. The molecular weight excluding hydrogens is 360 g/mol. The van der Waals surface area contributed by atoms with E-state index in [4.69, 9.17) is 0 Å². The maximum Gasteiger partial charge on any atom is 0.198 e. The first kappa shape index (κ1) is 16.1. The molecular formula is C14H8O8S2. The summed E-state index contributed by atoms with van der Waals surface area (Å²) in [5, 5.41) is 19.6. The molecule has 0 fully saturated rings. The molecule has 24 heavy (non-hydrogen) atoms. The predicted octanol–water partition coefficient (Wildman–Crippen LogP) is -0.186. The first-order chi connectivity index (χ1) is 11.2. The number of aromatic hydroxyl groups is 2. The average molecular weight is 368 g/mol. The smallest absolute Gasteiger partial charge is 0.198 e. The molecule has 0 heterocycles. The standard InChI is InChI=1S/C14H8O8S2/c15-7-1-2-8(16)12-11(7)13(17)5-3-9(23(19)20)10(24(21)22)4-6(5)14(12)18/h1-4,15-16,23-24H. The van der Waals surface area contributed by atoms with E-state index in [1.165, 1.54) is 0 Å². The van der Waals surface area contributed by atoms with Crippen LogP contribution >= 0.6 is 0 Å². The van der Waals surface area contributed by atoms with Crippen LogP contribution in [0, 0.1) is 0 Å². The summed E-state index contributed by atoms with van der Waals surface area (Å²) >= 11 is 0. The van der Waals surface area contributed by atoms with Gasteiger partial charge in [0, 0.05) is 11.1 Å². The molecule has 0 saturated heterocycles. The van der Waals surface area contributed by atoms with Crippen LogP contribution in [-0.4, -0.2) is 38.6 Å². The summed E-state index contributed by atoms with van der Waals surface area (Å²) in [6.07, 6.45) is 0. The normalized spacial score (nSPS) is 13.2. The fraction of sp³-hybridized carbons (Fsp3) is 0. The minimum atomic E-state index is -3.34. The molecule has 1 aliphatic rings. The van der Waals surface area contributed by atoms with Crippen molar-refractivity contribution in [3.8, 4) is 11.5 Å². The fourth-order valence-corrected chi connectivity index (χ4v) is 4.02. The molecule has 124 valence electrons. The number of carbonyl (C=O) groups excluding carboxylic acids is 2. The van der Waals surface area contributed by atoms with Crippen molar-refractivity contribution in [2.24, 2.45) is 0 Å². The second-order valence-electron chi connectivity index (χ2n) is 4.91. The van der Waals surface area contributed by atoms with E-state index in [9.17, 15) is 36.6 Å². The first-order valence-electron chi connectivity index (χ1n) is 6.35. The first-order valence-corrected chi connectivity index (χ1v) is 8.70. The highest BCUT2D eigenvalue weighted by Gasteiger charge is 2.35. The van der Waals surface area contributed by atoms with Gasteiger partial charge in [-0.15, -0.1) is 0 Å². The zero-order valence-corrected chi connectivity index (χ0v) is 13.3. The maximum atomic E-state index is 12.5. The average Bonchev–Trinajstić information content (AvgIpc) is 2.53. The van der Waals surface area contributed by atoms with Crippen LogP contribution in [0.2, 0.25) is 0 Å². The summed E-state index contributed by atoms with van der Waals surface area (Å²) in [6.45, 7) is 0. The van der Waals surface area contributed by atoms with Crippen molar-refractivity contribution < 1.29 is 36.6 Å². The molecule has 2 aromatic rings. The highest BCUT2D eigenvalue weighted by atomic mass is 32.2. The molecule has 3 rings (SSSR count). The molecule has 0 unspecified atom stereocenters. The van der Waals surface area contributed by atoms with Gasteiger partial charge in [0.2, 0.25) is 0 Å². The number of ketones is 2. The van der Waals surface area contributed by atoms with E-state index in [0.29, 0.717) is 0 Å². The van der Waals surface area contributed by atoms with Gasteiger partial charge in [-0.1, -0.05) is 0 Å². The van der Waals surface area contributed by atoms with Gasteiger partial charge in [0.05, 0.1) is 20.9 Å². The van der Waals surface area contributed by atoms with E-state index in [0.717, 1.165) is 24.3 Å². The van der Waals surface area contributed by atoms with Crippen LogP contribution in [0.15, 0.2) is 34.1 Å². The van der Waals surface area contributed by atoms with Crippen LogP contribution in [0.5, 0.6) is 11.5 Å². The lowest BCUT2D eigenvalue weighted by Crippen LogP contribution is -2.22. The molecule has 0 aliphatic heterocycles. The molecule has 0 bridgehead atoms. The quantitative estimate of drug-likeness (QED) is 0.360. The predicted molar refractivity (Wildman–Crippen MR) is 80.2 cm³/mol. The number of phenolic OH excluding ortho intramolecular Hbond substituents is 2. The number of fused-ring (bicyclic) bond motifs is 2. The number of rotatable bonds is 2. The van der Waals surface area contributed by atoms with E-state index in [2.05, 4.69) is 0 Å². The zero-order valence-electron chi connectivity index (χ0n) is 11.5. The molecule has 0 saturated carbocycles. The lowest BCUT2D eigenvalue weighted by molar-refractivity contribution is 0.0973. The lowest BCUT2D eigenvalue weighted by atomic mass is 9.83. The fourth-order valence-electron chi connectivity index (χ4n) is 2.55. The Morgan fingerprint density at radius 2 is 1.00 bits per heavy atom. The number of benzene rings is 2. The highest BCUT2D eigenvalue weighted by Crippen LogP contribution is 2.38. The minimum absolute atomic E-state index is 0.358. The lowest BCUT2D eigenvalue weighted by Gasteiger charge is -2.19. The molecule has 0 atom stereocenters. The van der Waals surface area contributed by atoms with Gasteiger partial charge < -0.3 is 10.2 Å².